The van der Waals surface area contributed by atoms with Gasteiger partial charge in [0.15, 0.2) is 0 Å². The molecule has 1 aromatic heterocycles. The standard InChI is InChI=1S/C25H27N3O2/c1-17-6-8-19(9-7-17)23-26-27-24(30-23)20-10-12-21(13-11-20)25(29)28-15-14-18-4-2-3-5-22(18)16-28/h6-13,18,22H,2-5,14-16H2,1H3/t18-,22+/m1/s1. The number of aryl methyl sites for hydroxylation is 1. The molecule has 2 aromatic carbocycles. The zero-order chi connectivity index (χ0) is 20.5. The summed E-state index contributed by atoms with van der Waals surface area (Å²) in [7, 11) is 0. The van der Waals surface area contributed by atoms with E-state index in [2.05, 4.69) is 10.2 Å². The molecule has 154 valence electrons. The molecule has 5 nitrogen and oxygen atoms in total. The third kappa shape index (κ3) is 3.76. The van der Waals surface area contributed by atoms with Crippen LogP contribution in [-0.2, 0) is 0 Å². The highest BCUT2D eigenvalue weighted by Crippen LogP contribution is 2.36. The van der Waals surface area contributed by atoms with Crippen LogP contribution in [0.4, 0.5) is 0 Å². The van der Waals surface area contributed by atoms with Crippen molar-refractivity contribution in [1.29, 1.82) is 0 Å². The molecule has 5 rings (SSSR count). The fourth-order valence-electron chi connectivity index (χ4n) is 4.88. The number of piperidine rings is 1. The lowest BCUT2D eigenvalue weighted by molar-refractivity contribution is 0.0521. The maximum absolute atomic E-state index is 13.0. The molecule has 0 N–H and O–H groups in total. The number of aromatic nitrogens is 2. The monoisotopic (exact) mass is 401 g/mol. The lowest BCUT2D eigenvalue weighted by Gasteiger charge is -2.41. The summed E-state index contributed by atoms with van der Waals surface area (Å²) < 4.78 is 5.85. The predicted octanol–water partition coefficient (Wildman–Crippen LogP) is 5.36. The first-order valence-electron chi connectivity index (χ1n) is 11.0. The van der Waals surface area contributed by atoms with Crippen LogP contribution >= 0.6 is 0 Å². The van der Waals surface area contributed by atoms with E-state index in [0.717, 1.165) is 42.1 Å². The van der Waals surface area contributed by atoms with Gasteiger partial charge < -0.3 is 9.32 Å². The minimum Gasteiger partial charge on any atom is -0.416 e. The summed E-state index contributed by atoms with van der Waals surface area (Å²) in [5.41, 5.74) is 3.64. The Bertz CT molecular complexity index is 1020. The van der Waals surface area contributed by atoms with Crippen molar-refractivity contribution in [3.8, 4) is 22.9 Å². The normalized spacial score (nSPS) is 21.3. The van der Waals surface area contributed by atoms with Crippen molar-refractivity contribution in [3.05, 3.63) is 59.7 Å². The third-order valence-electron chi connectivity index (χ3n) is 6.68. The van der Waals surface area contributed by atoms with Crippen LogP contribution in [0.5, 0.6) is 0 Å². The zero-order valence-electron chi connectivity index (χ0n) is 17.4. The van der Waals surface area contributed by atoms with Gasteiger partial charge in [0.2, 0.25) is 11.8 Å². The van der Waals surface area contributed by atoms with Crippen LogP contribution in [0.3, 0.4) is 0 Å². The van der Waals surface area contributed by atoms with E-state index >= 15 is 0 Å². The Hall–Kier alpha value is -2.95. The second-order valence-corrected chi connectivity index (χ2v) is 8.70. The van der Waals surface area contributed by atoms with Crippen molar-refractivity contribution in [3.63, 3.8) is 0 Å². The van der Waals surface area contributed by atoms with Crippen molar-refractivity contribution in [2.75, 3.05) is 13.1 Å². The molecule has 3 aromatic rings. The van der Waals surface area contributed by atoms with Gasteiger partial charge in [0, 0.05) is 29.8 Å². The van der Waals surface area contributed by atoms with Crippen LogP contribution < -0.4 is 0 Å². The molecule has 0 unspecified atom stereocenters. The molecular weight excluding hydrogens is 374 g/mol. The van der Waals surface area contributed by atoms with Crippen LogP contribution in [0, 0.1) is 18.8 Å². The van der Waals surface area contributed by atoms with E-state index in [4.69, 9.17) is 4.42 Å². The first kappa shape index (κ1) is 19.0. The van der Waals surface area contributed by atoms with E-state index in [1.165, 1.54) is 31.2 Å². The number of carbonyl (C=O) groups excluding carboxylic acids is 1. The van der Waals surface area contributed by atoms with Crippen molar-refractivity contribution in [2.45, 2.75) is 39.0 Å². The predicted molar refractivity (Wildman–Crippen MR) is 116 cm³/mol. The fourth-order valence-corrected chi connectivity index (χ4v) is 4.88. The van der Waals surface area contributed by atoms with Crippen LogP contribution in [0.25, 0.3) is 22.9 Å². The fraction of sp³-hybridized carbons (Fsp3) is 0.400. The number of likely N-dealkylation sites (tertiary alicyclic amines) is 1. The van der Waals surface area contributed by atoms with E-state index in [1.807, 2.05) is 60.4 Å². The minimum atomic E-state index is 0.136. The van der Waals surface area contributed by atoms with Gasteiger partial charge in [-0.05, 0) is 68.0 Å². The van der Waals surface area contributed by atoms with Crippen molar-refractivity contribution in [1.82, 2.24) is 15.1 Å². The van der Waals surface area contributed by atoms with Crippen molar-refractivity contribution >= 4 is 5.91 Å². The molecule has 30 heavy (non-hydrogen) atoms. The molecule has 5 heteroatoms. The lowest BCUT2D eigenvalue weighted by atomic mass is 9.75. The first-order valence-corrected chi connectivity index (χ1v) is 11.0. The van der Waals surface area contributed by atoms with E-state index < -0.39 is 0 Å². The second kappa shape index (κ2) is 8.05. The molecule has 2 atom stereocenters. The van der Waals surface area contributed by atoms with Gasteiger partial charge in [-0.1, -0.05) is 37.0 Å². The Kier molecular flexibility index (Phi) is 5.11. The van der Waals surface area contributed by atoms with Gasteiger partial charge in [-0.25, -0.2) is 0 Å². The Morgan fingerprint density at radius 2 is 1.47 bits per heavy atom. The molecule has 1 saturated heterocycles. The number of hydrogen-bond donors (Lipinski definition) is 0. The number of hydrogen-bond acceptors (Lipinski definition) is 4. The SMILES string of the molecule is Cc1ccc(-c2nnc(-c3ccc(C(=O)N4CC[C@H]5CCCC[C@H]5C4)cc3)o2)cc1. The summed E-state index contributed by atoms with van der Waals surface area (Å²) in [4.78, 5) is 15.1. The van der Waals surface area contributed by atoms with E-state index in [0.29, 0.717) is 17.7 Å². The lowest BCUT2D eigenvalue weighted by Crippen LogP contribution is -2.44. The number of benzene rings is 2. The highest BCUT2D eigenvalue weighted by atomic mass is 16.4. The zero-order valence-corrected chi connectivity index (χ0v) is 17.4. The number of fused-ring (bicyclic) bond motifs is 1. The topological polar surface area (TPSA) is 59.2 Å². The van der Waals surface area contributed by atoms with Gasteiger partial charge in [0.1, 0.15) is 0 Å². The minimum absolute atomic E-state index is 0.136. The molecule has 1 amide bonds. The molecule has 0 bridgehead atoms. The number of carbonyl (C=O) groups is 1. The molecule has 1 saturated carbocycles. The highest BCUT2D eigenvalue weighted by molar-refractivity contribution is 5.94. The Morgan fingerprint density at radius 1 is 0.867 bits per heavy atom. The largest absolute Gasteiger partial charge is 0.416 e. The molecule has 2 aliphatic rings. The average molecular weight is 402 g/mol. The molecule has 0 radical (unpaired) electrons. The molecular formula is C25H27N3O2. The van der Waals surface area contributed by atoms with Crippen LogP contribution in [0.2, 0.25) is 0 Å². The average Bonchev–Trinajstić information content (AvgIpc) is 3.29. The summed E-state index contributed by atoms with van der Waals surface area (Å²) >= 11 is 0. The Labute approximate surface area is 177 Å². The van der Waals surface area contributed by atoms with Crippen LogP contribution in [0.15, 0.2) is 52.9 Å². The smallest absolute Gasteiger partial charge is 0.253 e. The second-order valence-electron chi connectivity index (χ2n) is 8.70. The third-order valence-corrected chi connectivity index (χ3v) is 6.68. The first-order chi connectivity index (χ1) is 14.7. The summed E-state index contributed by atoms with van der Waals surface area (Å²) in [6, 6.07) is 15.5. The number of rotatable bonds is 3. The van der Waals surface area contributed by atoms with E-state index in [-0.39, 0.29) is 5.91 Å². The van der Waals surface area contributed by atoms with Crippen molar-refractivity contribution in [2.24, 2.45) is 11.8 Å². The number of nitrogens with zero attached hydrogens (tertiary/aromatic N) is 3. The Balaban J connectivity index is 1.29. The maximum atomic E-state index is 13.0. The van der Waals surface area contributed by atoms with Gasteiger partial charge in [-0.3, -0.25) is 4.79 Å². The van der Waals surface area contributed by atoms with Gasteiger partial charge in [0.05, 0.1) is 0 Å². The molecule has 2 fully saturated rings. The van der Waals surface area contributed by atoms with Crippen molar-refractivity contribution < 1.29 is 9.21 Å². The van der Waals surface area contributed by atoms with Gasteiger partial charge in [-0.2, -0.15) is 0 Å². The molecule has 0 spiro atoms. The highest BCUT2D eigenvalue weighted by Gasteiger charge is 2.33. The van der Waals surface area contributed by atoms with E-state index in [9.17, 15) is 4.79 Å². The summed E-state index contributed by atoms with van der Waals surface area (Å²) in [5.74, 6) is 2.62. The maximum Gasteiger partial charge on any atom is 0.253 e. The van der Waals surface area contributed by atoms with Gasteiger partial charge in [0.25, 0.3) is 5.91 Å². The Morgan fingerprint density at radius 3 is 2.13 bits per heavy atom. The van der Waals surface area contributed by atoms with Crippen LogP contribution in [0.1, 0.15) is 48.0 Å². The quantitative estimate of drug-likeness (QED) is 0.592. The molecule has 1 aliphatic heterocycles. The van der Waals surface area contributed by atoms with Crippen LogP contribution in [-0.4, -0.2) is 34.1 Å². The summed E-state index contributed by atoms with van der Waals surface area (Å²) in [6.07, 6.45) is 6.44. The molecule has 1 aliphatic carbocycles. The summed E-state index contributed by atoms with van der Waals surface area (Å²) in [6.45, 7) is 3.84. The summed E-state index contributed by atoms with van der Waals surface area (Å²) in [5, 5.41) is 8.35. The molecule has 2 heterocycles. The van der Waals surface area contributed by atoms with Gasteiger partial charge in [-0.15, -0.1) is 10.2 Å². The van der Waals surface area contributed by atoms with E-state index in [1.54, 1.807) is 0 Å². The number of amides is 1. The van der Waals surface area contributed by atoms with Gasteiger partial charge >= 0.3 is 0 Å².